The van der Waals surface area contributed by atoms with Crippen LogP contribution in [0.25, 0.3) is 0 Å². The van der Waals surface area contributed by atoms with Crippen molar-refractivity contribution in [1.82, 2.24) is 9.44 Å². The molecular weight excluding hydrogens is 253 g/mol. The molecule has 0 aromatic heterocycles. The Morgan fingerprint density at radius 2 is 1.94 bits per heavy atom. The van der Waals surface area contributed by atoms with Gasteiger partial charge in [-0.15, -0.1) is 0 Å². The number of carboxylic acids is 1. The molecule has 0 heterocycles. The monoisotopic (exact) mass is 264 g/mol. The lowest BCUT2D eigenvalue weighted by atomic mass is 10.2. The minimum Gasteiger partial charge on any atom is -0.480 e. The molecule has 3 N–H and O–H groups in total. The van der Waals surface area contributed by atoms with Crippen molar-refractivity contribution < 1.29 is 31.5 Å². The smallest absolute Gasteiger partial charge is 0.402 e. The third-order valence-corrected chi connectivity index (χ3v) is 2.59. The first-order chi connectivity index (χ1) is 7.07. The van der Waals surface area contributed by atoms with Crippen LogP contribution >= 0.6 is 0 Å². The number of alkyl halides is 3. The zero-order valence-electron chi connectivity index (χ0n) is 8.21. The molecule has 0 spiro atoms. The van der Waals surface area contributed by atoms with Crippen molar-refractivity contribution in [3.63, 3.8) is 0 Å². The SMILES string of the molecule is CC[C@@H](NS(=O)(=O)NCC(F)(F)F)C(=O)O. The van der Waals surface area contributed by atoms with Crippen LogP contribution < -0.4 is 9.44 Å². The summed E-state index contributed by atoms with van der Waals surface area (Å²) >= 11 is 0. The number of rotatable bonds is 6. The van der Waals surface area contributed by atoms with E-state index in [9.17, 15) is 26.4 Å². The standard InChI is InChI=1S/C6H11F3N2O4S/c1-2-4(5(12)13)11-16(14,15)10-3-6(7,8)9/h4,10-11H,2-3H2,1H3,(H,12,13)/t4-/m1/s1. The zero-order chi connectivity index (χ0) is 13.0. The van der Waals surface area contributed by atoms with Gasteiger partial charge in [-0.25, -0.2) is 0 Å². The maximum Gasteiger partial charge on any atom is 0.402 e. The van der Waals surface area contributed by atoms with Crippen LogP contribution in [0.3, 0.4) is 0 Å². The third-order valence-electron chi connectivity index (χ3n) is 1.47. The molecule has 0 fully saturated rings. The Morgan fingerprint density at radius 3 is 2.25 bits per heavy atom. The number of halogens is 3. The summed E-state index contributed by atoms with van der Waals surface area (Å²) in [4.78, 5) is 10.4. The van der Waals surface area contributed by atoms with Gasteiger partial charge in [-0.2, -0.15) is 31.0 Å². The zero-order valence-corrected chi connectivity index (χ0v) is 9.02. The Balaban J connectivity index is 4.41. The lowest BCUT2D eigenvalue weighted by Crippen LogP contribution is -2.48. The number of aliphatic carboxylic acids is 1. The minimum absolute atomic E-state index is 0.0811. The summed E-state index contributed by atoms with van der Waals surface area (Å²) in [6.45, 7) is -0.372. The van der Waals surface area contributed by atoms with Crippen LogP contribution in [-0.2, 0) is 15.0 Å². The normalized spacial score (nSPS) is 14.8. The van der Waals surface area contributed by atoms with Crippen LogP contribution in [-0.4, -0.2) is 38.3 Å². The van der Waals surface area contributed by atoms with E-state index < -0.39 is 34.9 Å². The first kappa shape index (κ1) is 15.1. The van der Waals surface area contributed by atoms with Crippen LogP contribution in [0.4, 0.5) is 13.2 Å². The van der Waals surface area contributed by atoms with Gasteiger partial charge in [-0.3, -0.25) is 4.79 Å². The van der Waals surface area contributed by atoms with Crippen molar-refractivity contribution in [2.45, 2.75) is 25.6 Å². The molecule has 6 nitrogen and oxygen atoms in total. The molecule has 0 amide bonds. The maximum atomic E-state index is 11.7. The second-order valence-electron chi connectivity index (χ2n) is 2.86. The van der Waals surface area contributed by atoms with Crippen molar-refractivity contribution in [2.75, 3.05) is 6.54 Å². The van der Waals surface area contributed by atoms with Crippen molar-refractivity contribution in [1.29, 1.82) is 0 Å². The summed E-state index contributed by atoms with van der Waals surface area (Å²) in [7, 11) is -4.47. The highest BCUT2D eigenvalue weighted by Gasteiger charge is 2.30. The Morgan fingerprint density at radius 1 is 1.44 bits per heavy atom. The van der Waals surface area contributed by atoms with Crippen LogP contribution in [0.5, 0.6) is 0 Å². The average molecular weight is 264 g/mol. The Kier molecular flexibility index (Phi) is 5.16. The first-order valence-electron chi connectivity index (χ1n) is 4.14. The molecule has 0 aromatic carbocycles. The van der Waals surface area contributed by atoms with E-state index in [1.807, 2.05) is 0 Å². The summed E-state index contributed by atoms with van der Waals surface area (Å²) in [6.07, 6.45) is -4.78. The molecule has 0 rings (SSSR count). The predicted octanol–water partition coefficient (Wildman–Crippen LogP) is -0.164. The summed E-state index contributed by atoms with van der Waals surface area (Å²) in [6, 6.07) is -1.45. The van der Waals surface area contributed by atoms with Crippen LogP contribution in [0.2, 0.25) is 0 Å². The second kappa shape index (κ2) is 5.46. The van der Waals surface area contributed by atoms with Crippen LogP contribution in [0, 0.1) is 0 Å². The molecule has 0 saturated heterocycles. The molecule has 0 unspecified atom stereocenters. The van der Waals surface area contributed by atoms with E-state index in [1.54, 1.807) is 4.72 Å². The van der Waals surface area contributed by atoms with Crippen molar-refractivity contribution >= 4 is 16.2 Å². The third kappa shape index (κ3) is 6.58. The van der Waals surface area contributed by atoms with Crippen LogP contribution in [0.15, 0.2) is 0 Å². The van der Waals surface area contributed by atoms with Gasteiger partial charge in [0.1, 0.15) is 12.6 Å². The van der Waals surface area contributed by atoms with Gasteiger partial charge >= 0.3 is 12.1 Å². The van der Waals surface area contributed by atoms with Crippen LogP contribution in [0.1, 0.15) is 13.3 Å². The highest BCUT2D eigenvalue weighted by molar-refractivity contribution is 7.87. The molecule has 0 saturated carbocycles. The molecular formula is C6H11F3N2O4S. The fraction of sp³-hybridized carbons (Fsp3) is 0.833. The van der Waals surface area contributed by atoms with Crippen molar-refractivity contribution in [3.8, 4) is 0 Å². The molecule has 1 atom stereocenters. The molecule has 10 heteroatoms. The minimum atomic E-state index is -4.69. The van der Waals surface area contributed by atoms with E-state index in [4.69, 9.17) is 5.11 Å². The molecule has 0 aliphatic rings. The molecule has 16 heavy (non-hydrogen) atoms. The molecule has 0 aromatic rings. The average Bonchev–Trinajstić information content (AvgIpc) is 2.10. The number of nitrogens with one attached hydrogen (secondary N) is 2. The van der Waals surface area contributed by atoms with E-state index >= 15 is 0 Å². The number of carboxylic acid groups (broad SMARTS) is 1. The largest absolute Gasteiger partial charge is 0.480 e. The fourth-order valence-electron chi connectivity index (χ4n) is 0.714. The van der Waals surface area contributed by atoms with E-state index in [0.717, 1.165) is 0 Å². The van der Waals surface area contributed by atoms with Gasteiger partial charge in [0.15, 0.2) is 0 Å². The highest BCUT2D eigenvalue weighted by Crippen LogP contribution is 2.12. The molecule has 0 aliphatic carbocycles. The molecule has 0 aliphatic heterocycles. The lowest BCUT2D eigenvalue weighted by Gasteiger charge is -2.14. The first-order valence-corrected chi connectivity index (χ1v) is 5.62. The molecule has 0 bridgehead atoms. The van der Waals surface area contributed by atoms with Gasteiger partial charge in [0.25, 0.3) is 10.2 Å². The summed E-state index contributed by atoms with van der Waals surface area (Å²) in [5.41, 5.74) is 0. The van der Waals surface area contributed by atoms with Gasteiger partial charge in [0.2, 0.25) is 0 Å². The van der Waals surface area contributed by atoms with Crippen molar-refractivity contribution in [3.05, 3.63) is 0 Å². The van der Waals surface area contributed by atoms with Gasteiger partial charge in [0.05, 0.1) is 0 Å². The number of hydrogen-bond donors (Lipinski definition) is 3. The van der Waals surface area contributed by atoms with E-state index in [-0.39, 0.29) is 6.42 Å². The summed E-state index contributed by atoms with van der Waals surface area (Å²) in [5.74, 6) is -1.46. The predicted molar refractivity (Wildman–Crippen MR) is 47.8 cm³/mol. The van der Waals surface area contributed by atoms with Gasteiger partial charge < -0.3 is 5.11 Å². The van der Waals surface area contributed by atoms with E-state index in [0.29, 0.717) is 0 Å². The quantitative estimate of drug-likeness (QED) is 0.621. The van der Waals surface area contributed by atoms with Gasteiger partial charge in [0, 0.05) is 0 Å². The van der Waals surface area contributed by atoms with Crippen molar-refractivity contribution in [2.24, 2.45) is 0 Å². The fourth-order valence-corrected chi connectivity index (χ4v) is 1.79. The van der Waals surface area contributed by atoms with Gasteiger partial charge in [-0.1, -0.05) is 6.92 Å². The Labute approximate surface area is 90.0 Å². The second-order valence-corrected chi connectivity index (χ2v) is 4.39. The van der Waals surface area contributed by atoms with E-state index in [2.05, 4.69) is 0 Å². The Bertz CT molecular complexity index is 340. The summed E-state index contributed by atoms with van der Waals surface area (Å²) < 4.78 is 59.8. The topological polar surface area (TPSA) is 95.5 Å². The summed E-state index contributed by atoms with van der Waals surface area (Å²) in [5, 5.41) is 8.49. The number of carbonyl (C=O) groups is 1. The maximum absolute atomic E-state index is 11.7. The van der Waals surface area contributed by atoms with E-state index in [1.165, 1.54) is 11.6 Å². The van der Waals surface area contributed by atoms with Gasteiger partial charge in [-0.05, 0) is 6.42 Å². The molecule has 96 valence electrons. The lowest BCUT2D eigenvalue weighted by molar-refractivity contribution is -0.139. The molecule has 0 radical (unpaired) electrons. The highest BCUT2D eigenvalue weighted by atomic mass is 32.2. The number of hydrogen-bond acceptors (Lipinski definition) is 3. The Hall–Kier alpha value is -0.870.